The summed E-state index contributed by atoms with van der Waals surface area (Å²) in [5.74, 6) is 2.18. The molecule has 0 spiro atoms. The lowest BCUT2D eigenvalue weighted by molar-refractivity contribution is -0.0434. The number of ether oxygens (including phenoxy) is 2. The second kappa shape index (κ2) is 15.1. The van der Waals surface area contributed by atoms with E-state index >= 15 is 0 Å². The number of unbranched alkanes of at least 4 members (excludes halogenated alkanes) is 1. The minimum atomic E-state index is -0.981. The van der Waals surface area contributed by atoms with Gasteiger partial charge in [0, 0.05) is 18.3 Å². The first-order valence-corrected chi connectivity index (χ1v) is 16.1. The molecule has 0 N–H and O–H groups in total. The van der Waals surface area contributed by atoms with Gasteiger partial charge < -0.3 is 19.3 Å². The molecule has 2 aliphatic rings. The predicted molar refractivity (Wildman–Crippen MR) is 166 cm³/mol. The summed E-state index contributed by atoms with van der Waals surface area (Å²) in [6, 6.07) is 17.6. The minimum absolute atomic E-state index is 0.0363. The number of rotatable bonds is 13. The Morgan fingerprint density at radius 3 is 2.56 bits per heavy atom. The number of thioether (sulfide) groups is 1. The Morgan fingerprint density at radius 2 is 1.90 bits per heavy atom. The van der Waals surface area contributed by atoms with Crippen LogP contribution >= 0.6 is 11.8 Å². The maximum atomic E-state index is 14.1. The van der Waals surface area contributed by atoms with Gasteiger partial charge >= 0.3 is 6.16 Å². The van der Waals surface area contributed by atoms with Gasteiger partial charge in [0.05, 0.1) is 25.2 Å². The van der Waals surface area contributed by atoms with Gasteiger partial charge in [-0.05, 0) is 74.9 Å². The van der Waals surface area contributed by atoms with Crippen molar-refractivity contribution in [1.82, 2.24) is 9.80 Å². The highest BCUT2D eigenvalue weighted by molar-refractivity contribution is 7.98. The van der Waals surface area contributed by atoms with E-state index in [-0.39, 0.29) is 17.9 Å². The fourth-order valence-electron chi connectivity index (χ4n) is 6.54. The Balaban J connectivity index is 1.47. The molecule has 3 atom stereocenters. The Kier molecular flexibility index (Phi) is 11.5. The molecule has 2 aromatic rings. The van der Waals surface area contributed by atoms with Crippen molar-refractivity contribution in [1.29, 1.82) is 0 Å². The normalized spacial score (nSPS) is 24.9. The molecule has 3 unspecified atom stereocenters. The third-order valence-corrected chi connectivity index (χ3v) is 9.76. The minimum Gasteiger partial charge on any atom is -0.438 e. The van der Waals surface area contributed by atoms with E-state index in [2.05, 4.69) is 43.0 Å². The van der Waals surface area contributed by atoms with Gasteiger partial charge in [-0.1, -0.05) is 68.7 Å². The fourth-order valence-corrected chi connectivity index (χ4v) is 7.69. The molecule has 0 saturated heterocycles. The van der Waals surface area contributed by atoms with Gasteiger partial charge in [0.1, 0.15) is 5.82 Å². The summed E-state index contributed by atoms with van der Waals surface area (Å²) in [7, 11) is 5.54. The van der Waals surface area contributed by atoms with Gasteiger partial charge in [-0.25, -0.2) is 14.2 Å². The molecule has 0 aromatic heterocycles. The van der Waals surface area contributed by atoms with Crippen molar-refractivity contribution < 1.29 is 18.7 Å². The molecule has 6 nitrogen and oxygen atoms in total. The second-order valence-electron chi connectivity index (χ2n) is 11.7. The highest BCUT2D eigenvalue weighted by Crippen LogP contribution is 2.43. The topological polar surface area (TPSA) is 54.4 Å². The van der Waals surface area contributed by atoms with Gasteiger partial charge in [-0.3, -0.25) is 0 Å². The average molecular weight is 584 g/mol. The van der Waals surface area contributed by atoms with E-state index in [0.29, 0.717) is 17.6 Å². The van der Waals surface area contributed by atoms with E-state index in [1.165, 1.54) is 18.7 Å². The molecule has 41 heavy (non-hydrogen) atoms. The largest absolute Gasteiger partial charge is 0.510 e. The smallest absolute Gasteiger partial charge is 0.438 e. The second-order valence-corrected chi connectivity index (χ2v) is 12.7. The van der Waals surface area contributed by atoms with E-state index in [0.717, 1.165) is 62.8 Å². The fraction of sp³-hybridized carbons (Fsp3) is 0.576. The van der Waals surface area contributed by atoms with Crippen LogP contribution in [0, 0.1) is 17.7 Å². The number of methoxy groups -OCH3 is 1. The lowest BCUT2D eigenvalue weighted by atomic mass is 9.74. The number of nitrogens with zero attached hydrogens (tertiary/aromatic N) is 3. The summed E-state index contributed by atoms with van der Waals surface area (Å²) < 4.78 is 25.1. The average Bonchev–Trinajstić information content (AvgIpc) is 3.29. The highest BCUT2D eigenvalue weighted by Gasteiger charge is 2.50. The van der Waals surface area contributed by atoms with Crippen molar-refractivity contribution in [2.45, 2.75) is 75.4 Å². The van der Waals surface area contributed by atoms with Gasteiger partial charge in [-0.15, -0.1) is 0 Å². The highest BCUT2D eigenvalue weighted by atomic mass is 32.2. The van der Waals surface area contributed by atoms with Crippen LogP contribution in [0.4, 0.5) is 9.18 Å². The van der Waals surface area contributed by atoms with Gasteiger partial charge in [0.15, 0.2) is 0 Å². The van der Waals surface area contributed by atoms with Crippen LogP contribution in [0.5, 0.6) is 0 Å². The number of carbonyl (C=O) groups is 1. The van der Waals surface area contributed by atoms with Crippen molar-refractivity contribution in [2.75, 3.05) is 33.5 Å². The summed E-state index contributed by atoms with van der Waals surface area (Å²) >= 11 is 1.74. The molecular formula is C33H46FN3O3S. The number of carbonyl (C=O) groups excluding carboxylic acids is 1. The van der Waals surface area contributed by atoms with E-state index in [1.807, 2.05) is 36.7 Å². The van der Waals surface area contributed by atoms with Crippen LogP contribution in [0.3, 0.4) is 0 Å². The molecule has 0 bridgehead atoms. The van der Waals surface area contributed by atoms with Crippen molar-refractivity contribution >= 4 is 24.3 Å². The molecule has 1 fully saturated rings. The van der Waals surface area contributed by atoms with Crippen LogP contribution < -0.4 is 0 Å². The van der Waals surface area contributed by atoms with Crippen LogP contribution in [0.2, 0.25) is 0 Å². The first-order chi connectivity index (χ1) is 19.8. The molecule has 1 aliphatic carbocycles. The van der Waals surface area contributed by atoms with E-state index < -0.39 is 11.9 Å². The number of benzene rings is 2. The zero-order valence-electron chi connectivity index (χ0n) is 25.0. The summed E-state index contributed by atoms with van der Waals surface area (Å²) in [5, 5.41) is 0. The molecule has 4 rings (SSSR count). The third-order valence-electron chi connectivity index (χ3n) is 8.60. The van der Waals surface area contributed by atoms with Crippen LogP contribution in [-0.4, -0.2) is 67.6 Å². The molecule has 1 saturated carbocycles. The van der Waals surface area contributed by atoms with Crippen LogP contribution in [0.1, 0.15) is 69.0 Å². The number of aliphatic imine (C=N–C) groups is 1. The third kappa shape index (κ3) is 8.25. The Hall–Kier alpha value is -2.58. The Labute approximate surface area is 249 Å². The molecule has 224 valence electrons. The standard InChI is InChI=1S/C33H46FN3O3S/c1-5-6-19-37-24-35-33(40-32(38)39-4,23-41-22-26-11-8-7-9-12-26)30(37)20-25-15-17-27(18-16-25)31(36(2)3)28-13-10-14-29(34)21-28/h7-14,21,24-25,27,30-31H,5-6,15-20,22-23H2,1-4H3. The Morgan fingerprint density at radius 1 is 1.15 bits per heavy atom. The quantitative estimate of drug-likeness (QED) is 0.227. The lowest BCUT2D eigenvalue weighted by Gasteiger charge is -2.41. The SMILES string of the molecule is CCCCN1C=NC(CSCc2ccccc2)(OC(=O)OC)C1CC1CCC(C(c2cccc(F)c2)N(C)C)CC1. The number of hydrogen-bond acceptors (Lipinski definition) is 7. The maximum Gasteiger partial charge on any atom is 0.510 e. The van der Waals surface area contributed by atoms with Gasteiger partial charge in [-0.2, -0.15) is 11.8 Å². The van der Waals surface area contributed by atoms with Crippen LogP contribution in [0.25, 0.3) is 0 Å². The zero-order chi connectivity index (χ0) is 29.2. The number of hydrogen-bond donors (Lipinski definition) is 0. The molecular weight excluding hydrogens is 537 g/mol. The van der Waals surface area contributed by atoms with Crippen molar-refractivity contribution in [2.24, 2.45) is 16.8 Å². The van der Waals surface area contributed by atoms with E-state index in [1.54, 1.807) is 17.8 Å². The van der Waals surface area contributed by atoms with Crippen LogP contribution in [-0.2, 0) is 15.2 Å². The van der Waals surface area contributed by atoms with Crippen LogP contribution in [0.15, 0.2) is 59.6 Å². The monoisotopic (exact) mass is 583 g/mol. The lowest BCUT2D eigenvalue weighted by Crippen LogP contribution is -2.52. The summed E-state index contributed by atoms with van der Waals surface area (Å²) in [6.07, 6.45) is 8.62. The van der Waals surface area contributed by atoms with Gasteiger partial charge in [0.2, 0.25) is 5.72 Å². The predicted octanol–water partition coefficient (Wildman–Crippen LogP) is 7.55. The van der Waals surface area contributed by atoms with Crippen molar-refractivity contribution in [3.63, 3.8) is 0 Å². The first kappa shape index (κ1) is 31.4. The molecule has 1 aliphatic heterocycles. The summed E-state index contributed by atoms with van der Waals surface area (Å²) in [5.41, 5.74) is 1.30. The maximum absolute atomic E-state index is 14.1. The molecule has 8 heteroatoms. The summed E-state index contributed by atoms with van der Waals surface area (Å²) in [4.78, 5) is 22.0. The number of halogens is 1. The van der Waals surface area contributed by atoms with E-state index in [9.17, 15) is 9.18 Å². The van der Waals surface area contributed by atoms with E-state index in [4.69, 9.17) is 14.5 Å². The zero-order valence-corrected chi connectivity index (χ0v) is 25.8. The summed E-state index contributed by atoms with van der Waals surface area (Å²) in [6.45, 7) is 3.08. The molecule has 0 amide bonds. The van der Waals surface area contributed by atoms with Crippen molar-refractivity contribution in [3.8, 4) is 0 Å². The first-order valence-electron chi connectivity index (χ1n) is 15.0. The Bertz CT molecular complexity index is 1130. The van der Waals surface area contributed by atoms with Gasteiger partial charge in [0.25, 0.3) is 0 Å². The molecule has 1 heterocycles. The van der Waals surface area contributed by atoms with Crippen molar-refractivity contribution in [3.05, 3.63) is 71.5 Å². The molecule has 2 aromatic carbocycles. The molecule has 0 radical (unpaired) electrons.